The van der Waals surface area contributed by atoms with Crippen LogP contribution in [0.25, 0.3) is 22.3 Å². The monoisotopic (exact) mass is 352 g/mol. The molecule has 3 aromatic rings. The van der Waals surface area contributed by atoms with Crippen molar-refractivity contribution in [2.45, 2.75) is 0 Å². The number of methoxy groups -OCH3 is 1. The van der Waals surface area contributed by atoms with Crippen molar-refractivity contribution in [3.63, 3.8) is 0 Å². The van der Waals surface area contributed by atoms with E-state index < -0.39 is 0 Å². The average Bonchev–Trinajstić information content (AvgIpc) is 2.65. The highest BCUT2D eigenvalue weighted by atomic mass is 19.1. The summed E-state index contributed by atoms with van der Waals surface area (Å²) in [4.78, 5) is 12.4. The topological polar surface area (TPSA) is 125 Å². The molecular formula is C18H17FN6O. The van der Waals surface area contributed by atoms with Crippen LogP contribution in [-0.2, 0) is 0 Å². The molecule has 0 aliphatic rings. The molecule has 3 rings (SSSR count). The molecule has 26 heavy (non-hydrogen) atoms. The van der Waals surface area contributed by atoms with Crippen LogP contribution in [0.15, 0.2) is 53.8 Å². The van der Waals surface area contributed by atoms with Crippen LogP contribution in [0.2, 0.25) is 0 Å². The number of fused-ring (bicyclic) bond motifs is 1. The van der Waals surface area contributed by atoms with E-state index in [0.29, 0.717) is 39.3 Å². The third-order valence-corrected chi connectivity index (χ3v) is 3.72. The maximum absolute atomic E-state index is 13.2. The number of nitrogens with two attached hydrogens (primary N) is 3. The zero-order valence-electron chi connectivity index (χ0n) is 14.0. The average molecular weight is 352 g/mol. The molecule has 6 N–H and O–H groups in total. The van der Waals surface area contributed by atoms with Crippen LogP contribution in [0.3, 0.4) is 0 Å². The second-order valence-electron chi connectivity index (χ2n) is 5.42. The van der Waals surface area contributed by atoms with Crippen LogP contribution in [-0.4, -0.2) is 23.0 Å². The predicted molar refractivity (Wildman–Crippen MR) is 99.3 cm³/mol. The number of aromatic nitrogens is 2. The Hall–Kier alpha value is -3.68. The first-order chi connectivity index (χ1) is 12.5. The first kappa shape index (κ1) is 17.2. The van der Waals surface area contributed by atoms with E-state index in [1.807, 2.05) is 0 Å². The van der Waals surface area contributed by atoms with Crippen LogP contribution in [0.1, 0.15) is 11.1 Å². The zero-order valence-corrected chi connectivity index (χ0v) is 14.0. The van der Waals surface area contributed by atoms with E-state index in [-0.39, 0.29) is 11.8 Å². The van der Waals surface area contributed by atoms with Crippen molar-refractivity contribution in [2.75, 3.05) is 7.11 Å². The summed E-state index contributed by atoms with van der Waals surface area (Å²) in [5.41, 5.74) is 20.0. The lowest BCUT2D eigenvalue weighted by molar-refractivity contribution is 0.402. The summed E-state index contributed by atoms with van der Waals surface area (Å²) in [6, 6.07) is 11.1. The Balaban J connectivity index is 2.21. The SMILES string of the molecule is COc1ncnc2ccc(/C(N)=C(/N=C(N)N)c3ccc(F)cc3)cc12. The second-order valence-corrected chi connectivity index (χ2v) is 5.42. The van der Waals surface area contributed by atoms with Crippen LogP contribution in [0, 0.1) is 5.82 Å². The molecule has 2 aromatic carbocycles. The summed E-state index contributed by atoms with van der Waals surface area (Å²) in [6.07, 6.45) is 1.42. The Bertz CT molecular complexity index is 1010. The van der Waals surface area contributed by atoms with E-state index in [0.717, 1.165) is 0 Å². The molecule has 0 amide bonds. The van der Waals surface area contributed by atoms with Gasteiger partial charge in [0.15, 0.2) is 5.96 Å². The third-order valence-electron chi connectivity index (χ3n) is 3.72. The van der Waals surface area contributed by atoms with Crippen LogP contribution in [0.4, 0.5) is 4.39 Å². The second kappa shape index (κ2) is 7.06. The molecule has 0 unspecified atom stereocenters. The lowest BCUT2D eigenvalue weighted by Crippen LogP contribution is -2.23. The predicted octanol–water partition coefficient (Wildman–Crippen LogP) is 1.84. The molecule has 1 aromatic heterocycles. The van der Waals surface area contributed by atoms with Gasteiger partial charge in [-0.05, 0) is 36.4 Å². The first-order valence-electron chi connectivity index (χ1n) is 7.64. The molecule has 0 bridgehead atoms. The minimum absolute atomic E-state index is 0.158. The summed E-state index contributed by atoms with van der Waals surface area (Å²) in [5, 5.41) is 0.693. The van der Waals surface area contributed by atoms with Gasteiger partial charge in [0.1, 0.15) is 12.1 Å². The Labute approximate surface area is 149 Å². The van der Waals surface area contributed by atoms with Crippen molar-refractivity contribution in [3.8, 4) is 5.88 Å². The molecule has 7 nitrogen and oxygen atoms in total. The third kappa shape index (κ3) is 3.39. The van der Waals surface area contributed by atoms with Gasteiger partial charge in [-0.1, -0.05) is 6.07 Å². The lowest BCUT2D eigenvalue weighted by Gasteiger charge is -2.11. The van der Waals surface area contributed by atoms with E-state index in [2.05, 4.69) is 15.0 Å². The number of rotatable bonds is 4. The number of ether oxygens (including phenoxy) is 1. The minimum Gasteiger partial charge on any atom is -0.480 e. The summed E-state index contributed by atoms with van der Waals surface area (Å²) in [5.74, 6) is -0.104. The van der Waals surface area contributed by atoms with Gasteiger partial charge in [-0.15, -0.1) is 0 Å². The molecule has 8 heteroatoms. The zero-order chi connectivity index (χ0) is 18.7. The molecule has 0 saturated carbocycles. The van der Waals surface area contributed by atoms with Gasteiger partial charge >= 0.3 is 0 Å². The highest BCUT2D eigenvalue weighted by Gasteiger charge is 2.12. The van der Waals surface area contributed by atoms with Crippen molar-refractivity contribution in [1.82, 2.24) is 9.97 Å². The molecule has 0 aliphatic heterocycles. The van der Waals surface area contributed by atoms with Gasteiger partial charge in [-0.3, -0.25) is 0 Å². The van der Waals surface area contributed by atoms with E-state index in [1.165, 1.54) is 25.6 Å². The molecular weight excluding hydrogens is 335 g/mol. The van der Waals surface area contributed by atoms with Crippen LogP contribution in [0.5, 0.6) is 5.88 Å². The highest BCUT2D eigenvalue weighted by Crippen LogP contribution is 2.28. The van der Waals surface area contributed by atoms with E-state index in [1.54, 1.807) is 30.3 Å². The number of halogens is 1. The normalized spacial score (nSPS) is 11.8. The highest BCUT2D eigenvalue weighted by molar-refractivity contribution is 5.96. The van der Waals surface area contributed by atoms with Crippen LogP contribution < -0.4 is 21.9 Å². The van der Waals surface area contributed by atoms with E-state index in [4.69, 9.17) is 21.9 Å². The van der Waals surface area contributed by atoms with E-state index >= 15 is 0 Å². The Morgan fingerprint density at radius 1 is 1.00 bits per heavy atom. The standard InChI is InChI=1S/C18H17FN6O/c1-26-17-13-8-11(4-7-14(13)23-9-24-17)15(20)16(25-18(21)22)10-2-5-12(19)6-3-10/h2-9H,20H2,1H3,(H4,21,22,25)/b16-15-. The molecule has 0 saturated heterocycles. The Morgan fingerprint density at radius 3 is 2.35 bits per heavy atom. The molecule has 0 fully saturated rings. The largest absolute Gasteiger partial charge is 0.480 e. The summed E-state index contributed by atoms with van der Waals surface area (Å²) in [6.45, 7) is 0. The number of hydrogen-bond acceptors (Lipinski definition) is 5. The fourth-order valence-electron chi connectivity index (χ4n) is 2.52. The van der Waals surface area contributed by atoms with Gasteiger partial charge in [0.05, 0.1) is 29.4 Å². The van der Waals surface area contributed by atoms with Crippen molar-refractivity contribution in [3.05, 3.63) is 65.7 Å². The maximum Gasteiger partial charge on any atom is 0.224 e. The first-order valence-corrected chi connectivity index (χ1v) is 7.64. The van der Waals surface area contributed by atoms with Gasteiger partial charge in [-0.2, -0.15) is 0 Å². The van der Waals surface area contributed by atoms with Gasteiger partial charge in [0.2, 0.25) is 5.88 Å². The smallest absolute Gasteiger partial charge is 0.224 e. The maximum atomic E-state index is 13.2. The number of aliphatic imine (C=N–C) groups is 1. The van der Waals surface area contributed by atoms with Crippen molar-refractivity contribution < 1.29 is 9.13 Å². The van der Waals surface area contributed by atoms with Crippen LogP contribution >= 0.6 is 0 Å². The summed E-state index contributed by atoms with van der Waals surface area (Å²) in [7, 11) is 1.52. The van der Waals surface area contributed by atoms with Gasteiger partial charge in [0.25, 0.3) is 0 Å². The molecule has 132 valence electrons. The molecule has 0 radical (unpaired) electrons. The molecule has 0 spiro atoms. The van der Waals surface area contributed by atoms with Gasteiger partial charge < -0.3 is 21.9 Å². The minimum atomic E-state index is -0.371. The van der Waals surface area contributed by atoms with Crippen molar-refractivity contribution >= 4 is 28.3 Å². The van der Waals surface area contributed by atoms with Gasteiger partial charge in [0, 0.05) is 11.1 Å². The quantitative estimate of drug-likeness (QED) is 0.374. The fraction of sp³-hybridized carbons (Fsp3) is 0.0556. The number of nitrogens with zero attached hydrogens (tertiary/aromatic N) is 3. The van der Waals surface area contributed by atoms with Gasteiger partial charge in [-0.25, -0.2) is 19.4 Å². The molecule has 1 heterocycles. The summed E-state index contributed by atoms with van der Waals surface area (Å²) < 4.78 is 18.5. The molecule has 0 aliphatic carbocycles. The fourth-order valence-corrected chi connectivity index (χ4v) is 2.52. The Kier molecular flexibility index (Phi) is 4.66. The number of hydrogen-bond donors (Lipinski definition) is 3. The van der Waals surface area contributed by atoms with E-state index in [9.17, 15) is 4.39 Å². The van der Waals surface area contributed by atoms with Crippen molar-refractivity contribution in [2.24, 2.45) is 22.2 Å². The Morgan fingerprint density at radius 2 is 1.69 bits per heavy atom. The molecule has 0 atom stereocenters. The van der Waals surface area contributed by atoms with Crippen molar-refractivity contribution in [1.29, 1.82) is 0 Å². The lowest BCUT2D eigenvalue weighted by atomic mass is 10.0. The number of guanidine groups is 1. The number of benzene rings is 2. The summed E-state index contributed by atoms with van der Waals surface area (Å²) >= 11 is 0.